The molecule has 0 spiro atoms. The SMILES string of the molecule is O=S(=O)(CCS)N(CCc1ccccn1)C1CCNCC1. The molecule has 1 aliphatic rings. The van der Waals surface area contributed by atoms with Gasteiger partial charge in [-0.05, 0) is 38.1 Å². The average molecular weight is 329 g/mol. The molecule has 0 amide bonds. The summed E-state index contributed by atoms with van der Waals surface area (Å²) in [6.07, 6.45) is 4.13. The summed E-state index contributed by atoms with van der Waals surface area (Å²) >= 11 is 4.08. The molecular formula is C14H23N3O2S2. The van der Waals surface area contributed by atoms with Crippen molar-refractivity contribution in [2.45, 2.75) is 25.3 Å². The molecule has 2 heterocycles. The number of hydrogen-bond acceptors (Lipinski definition) is 5. The van der Waals surface area contributed by atoms with Crippen LogP contribution in [0.1, 0.15) is 18.5 Å². The van der Waals surface area contributed by atoms with E-state index in [1.165, 1.54) is 0 Å². The molecule has 118 valence electrons. The summed E-state index contributed by atoms with van der Waals surface area (Å²) in [6.45, 7) is 2.25. The van der Waals surface area contributed by atoms with Gasteiger partial charge in [-0.2, -0.15) is 16.9 Å². The van der Waals surface area contributed by atoms with E-state index in [2.05, 4.69) is 22.9 Å². The monoisotopic (exact) mass is 329 g/mol. The molecule has 21 heavy (non-hydrogen) atoms. The van der Waals surface area contributed by atoms with Crippen LogP contribution >= 0.6 is 12.6 Å². The lowest BCUT2D eigenvalue weighted by Crippen LogP contribution is -2.47. The Labute approximate surface area is 132 Å². The van der Waals surface area contributed by atoms with Gasteiger partial charge in [-0.25, -0.2) is 8.42 Å². The molecule has 5 nitrogen and oxygen atoms in total. The van der Waals surface area contributed by atoms with Crippen LogP contribution in [0.3, 0.4) is 0 Å². The number of sulfonamides is 1. The molecule has 2 rings (SSSR count). The van der Waals surface area contributed by atoms with Crippen molar-refractivity contribution in [3.8, 4) is 0 Å². The molecule has 1 aromatic heterocycles. The minimum Gasteiger partial charge on any atom is -0.317 e. The van der Waals surface area contributed by atoms with Crippen LogP contribution < -0.4 is 5.32 Å². The lowest BCUT2D eigenvalue weighted by atomic mass is 10.1. The summed E-state index contributed by atoms with van der Waals surface area (Å²) in [7, 11) is -3.24. The standard InChI is InChI=1S/C14H23N3O2S2/c18-21(19,12-11-20)17(14-4-8-15-9-5-14)10-6-13-3-1-2-7-16-13/h1-3,7,14-15,20H,4-6,8-12H2. The molecule has 0 aliphatic carbocycles. The van der Waals surface area contributed by atoms with Crippen LogP contribution in [0.4, 0.5) is 0 Å². The second-order valence-electron chi connectivity index (χ2n) is 5.20. The fourth-order valence-electron chi connectivity index (χ4n) is 2.65. The zero-order valence-corrected chi connectivity index (χ0v) is 13.8. The van der Waals surface area contributed by atoms with Crippen molar-refractivity contribution in [3.63, 3.8) is 0 Å². The quantitative estimate of drug-likeness (QED) is 0.731. The van der Waals surface area contributed by atoms with Gasteiger partial charge in [-0.1, -0.05) is 6.07 Å². The Hall–Kier alpha value is -0.630. The van der Waals surface area contributed by atoms with E-state index in [0.717, 1.165) is 31.6 Å². The number of rotatable bonds is 7. The maximum atomic E-state index is 12.5. The Kier molecular flexibility index (Phi) is 6.47. The van der Waals surface area contributed by atoms with Gasteiger partial charge in [-0.15, -0.1) is 0 Å². The van der Waals surface area contributed by atoms with Gasteiger partial charge in [0.2, 0.25) is 10.0 Å². The van der Waals surface area contributed by atoms with Crippen molar-refractivity contribution in [1.82, 2.24) is 14.6 Å². The second kappa shape index (κ2) is 8.12. The zero-order chi connectivity index (χ0) is 15.1. The summed E-state index contributed by atoms with van der Waals surface area (Å²) in [5, 5.41) is 3.28. The highest BCUT2D eigenvalue weighted by atomic mass is 32.2. The van der Waals surface area contributed by atoms with Gasteiger partial charge in [0.15, 0.2) is 0 Å². The lowest BCUT2D eigenvalue weighted by Gasteiger charge is -2.33. The first kappa shape index (κ1) is 16.7. The van der Waals surface area contributed by atoms with E-state index in [4.69, 9.17) is 0 Å². The molecule has 0 bridgehead atoms. The predicted octanol–water partition coefficient (Wildman–Crippen LogP) is 0.938. The van der Waals surface area contributed by atoms with Gasteiger partial charge >= 0.3 is 0 Å². The van der Waals surface area contributed by atoms with Crippen LogP contribution in [0.2, 0.25) is 0 Å². The fourth-order valence-corrected chi connectivity index (χ4v) is 4.84. The normalized spacial score (nSPS) is 17.2. The Morgan fingerprint density at radius 3 is 2.71 bits per heavy atom. The maximum Gasteiger partial charge on any atom is 0.215 e. The predicted molar refractivity (Wildman–Crippen MR) is 88.2 cm³/mol. The molecule has 1 saturated heterocycles. The molecule has 0 radical (unpaired) electrons. The third-order valence-corrected chi connectivity index (χ3v) is 6.18. The third-order valence-electron chi connectivity index (χ3n) is 3.74. The first-order valence-corrected chi connectivity index (χ1v) is 9.58. The Morgan fingerprint density at radius 2 is 2.10 bits per heavy atom. The molecule has 0 unspecified atom stereocenters. The second-order valence-corrected chi connectivity index (χ2v) is 7.69. The Bertz CT molecular complexity index is 516. The van der Waals surface area contributed by atoms with Gasteiger partial charge in [0.25, 0.3) is 0 Å². The molecule has 7 heteroatoms. The van der Waals surface area contributed by atoms with Crippen molar-refractivity contribution in [2.24, 2.45) is 0 Å². The lowest BCUT2D eigenvalue weighted by molar-refractivity contribution is 0.264. The van der Waals surface area contributed by atoms with E-state index in [1.807, 2.05) is 18.2 Å². The fraction of sp³-hybridized carbons (Fsp3) is 0.643. The number of thiol groups is 1. The van der Waals surface area contributed by atoms with E-state index in [0.29, 0.717) is 18.7 Å². The number of hydrogen-bond donors (Lipinski definition) is 2. The van der Waals surface area contributed by atoms with Gasteiger partial charge in [0.05, 0.1) is 5.75 Å². The Balaban J connectivity index is 2.07. The van der Waals surface area contributed by atoms with Crippen LogP contribution in [0.5, 0.6) is 0 Å². The summed E-state index contributed by atoms with van der Waals surface area (Å²) < 4.78 is 26.7. The average Bonchev–Trinajstić information content (AvgIpc) is 2.49. The van der Waals surface area contributed by atoms with Crippen molar-refractivity contribution in [2.75, 3.05) is 31.1 Å². The molecule has 0 saturated carbocycles. The maximum absolute atomic E-state index is 12.5. The smallest absolute Gasteiger partial charge is 0.215 e. The first-order chi connectivity index (χ1) is 10.1. The highest BCUT2D eigenvalue weighted by Gasteiger charge is 2.30. The first-order valence-electron chi connectivity index (χ1n) is 7.34. The van der Waals surface area contributed by atoms with Gasteiger partial charge < -0.3 is 5.32 Å². The minimum absolute atomic E-state index is 0.0971. The molecule has 1 fully saturated rings. The van der Waals surface area contributed by atoms with Gasteiger partial charge in [-0.3, -0.25) is 4.98 Å². The largest absolute Gasteiger partial charge is 0.317 e. The molecule has 0 aromatic carbocycles. The summed E-state index contributed by atoms with van der Waals surface area (Å²) in [5.74, 6) is 0.454. The van der Waals surface area contributed by atoms with Crippen molar-refractivity contribution >= 4 is 22.7 Å². The van der Waals surface area contributed by atoms with Crippen molar-refractivity contribution < 1.29 is 8.42 Å². The van der Waals surface area contributed by atoms with Gasteiger partial charge in [0.1, 0.15) is 0 Å². The topological polar surface area (TPSA) is 62.3 Å². The third kappa shape index (κ3) is 4.95. The van der Waals surface area contributed by atoms with E-state index < -0.39 is 10.0 Å². The zero-order valence-electron chi connectivity index (χ0n) is 12.1. The Morgan fingerprint density at radius 1 is 1.33 bits per heavy atom. The van der Waals surface area contributed by atoms with Crippen molar-refractivity contribution in [1.29, 1.82) is 0 Å². The van der Waals surface area contributed by atoms with E-state index >= 15 is 0 Å². The van der Waals surface area contributed by atoms with Crippen LogP contribution in [0, 0.1) is 0 Å². The number of piperidine rings is 1. The number of nitrogens with one attached hydrogen (secondary N) is 1. The van der Waals surface area contributed by atoms with Crippen molar-refractivity contribution in [3.05, 3.63) is 30.1 Å². The summed E-state index contributed by atoms with van der Waals surface area (Å²) in [5.41, 5.74) is 0.928. The van der Waals surface area contributed by atoms with E-state index in [1.54, 1.807) is 10.5 Å². The molecule has 1 N–H and O–H groups in total. The summed E-state index contributed by atoms with van der Waals surface area (Å²) in [4.78, 5) is 4.27. The highest BCUT2D eigenvalue weighted by Crippen LogP contribution is 2.17. The van der Waals surface area contributed by atoms with Crippen LogP contribution in [-0.2, 0) is 16.4 Å². The van der Waals surface area contributed by atoms with E-state index in [9.17, 15) is 8.42 Å². The molecule has 0 atom stereocenters. The number of aromatic nitrogens is 1. The number of nitrogens with zero attached hydrogens (tertiary/aromatic N) is 2. The molecule has 1 aliphatic heterocycles. The molecular weight excluding hydrogens is 306 g/mol. The van der Waals surface area contributed by atoms with Crippen LogP contribution in [-0.4, -0.2) is 54.9 Å². The number of pyridine rings is 1. The van der Waals surface area contributed by atoms with Gasteiger partial charge in [0, 0.05) is 36.7 Å². The summed E-state index contributed by atoms with van der Waals surface area (Å²) in [6, 6.07) is 5.83. The van der Waals surface area contributed by atoms with Crippen LogP contribution in [0.15, 0.2) is 24.4 Å². The van der Waals surface area contributed by atoms with Crippen LogP contribution in [0.25, 0.3) is 0 Å². The molecule has 1 aromatic rings. The highest BCUT2D eigenvalue weighted by molar-refractivity contribution is 7.90. The minimum atomic E-state index is -3.24. The van der Waals surface area contributed by atoms with E-state index in [-0.39, 0.29) is 11.8 Å².